The molecule has 0 spiro atoms. The Morgan fingerprint density at radius 3 is 2.39 bits per heavy atom. The molecule has 150 valence electrons. The minimum absolute atomic E-state index is 0.0740. The first-order valence-corrected chi connectivity index (χ1v) is 10.9. The third-order valence-electron chi connectivity index (χ3n) is 5.48. The first kappa shape index (κ1) is 20.9. The molecule has 1 aliphatic rings. The second-order valence-corrected chi connectivity index (χ2v) is 9.55. The lowest BCUT2D eigenvalue weighted by Gasteiger charge is -2.32. The fraction of sp³-hybridized carbons (Fsp3) is 0.458. The molecule has 1 saturated heterocycles. The van der Waals surface area contributed by atoms with Crippen molar-refractivity contribution in [1.82, 2.24) is 4.90 Å². The molecule has 2 aromatic rings. The lowest BCUT2D eigenvalue weighted by Crippen LogP contribution is -2.41. The topological polar surface area (TPSA) is 29.5 Å². The van der Waals surface area contributed by atoms with Gasteiger partial charge in [0, 0.05) is 13.1 Å². The smallest absolute Gasteiger partial charge is 0.260 e. The van der Waals surface area contributed by atoms with Crippen molar-refractivity contribution in [3.63, 3.8) is 0 Å². The number of hydrogen-bond donors (Lipinski definition) is 0. The Hall–Kier alpha value is -1.81. The predicted molar refractivity (Wildman–Crippen MR) is 118 cm³/mol. The van der Waals surface area contributed by atoms with Crippen molar-refractivity contribution in [3.05, 3.63) is 64.1 Å². The Kier molecular flexibility index (Phi) is 6.82. The third-order valence-corrected chi connectivity index (χ3v) is 6.10. The molecule has 4 heteroatoms. The number of rotatable bonds is 5. The summed E-state index contributed by atoms with van der Waals surface area (Å²) in [5.41, 5.74) is 2.71. The molecule has 28 heavy (non-hydrogen) atoms. The fourth-order valence-corrected chi connectivity index (χ4v) is 4.14. The highest BCUT2D eigenvalue weighted by Crippen LogP contribution is 2.31. The maximum absolute atomic E-state index is 12.6. The van der Waals surface area contributed by atoms with Crippen molar-refractivity contribution in [2.75, 3.05) is 19.7 Å². The van der Waals surface area contributed by atoms with Gasteiger partial charge in [0.05, 0.1) is 4.47 Å². The van der Waals surface area contributed by atoms with Gasteiger partial charge >= 0.3 is 0 Å². The number of piperidine rings is 1. The molecular formula is C24H30BrNO2. The number of carbonyl (C=O) groups is 1. The van der Waals surface area contributed by atoms with Gasteiger partial charge in [0.15, 0.2) is 6.61 Å². The Bertz CT molecular complexity index is 790. The quantitative estimate of drug-likeness (QED) is 0.600. The zero-order valence-electron chi connectivity index (χ0n) is 17.1. The van der Waals surface area contributed by atoms with E-state index in [1.165, 1.54) is 11.1 Å². The molecule has 0 atom stereocenters. The van der Waals surface area contributed by atoms with Gasteiger partial charge in [0.1, 0.15) is 5.75 Å². The number of nitrogens with zero attached hydrogens (tertiary/aromatic N) is 1. The van der Waals surface area contributed by atoms with E-state index in [1.54, 1.807) is 0 Å². The lowest BCUT2D eigenvalue weighted by molar-refractivity contribution is -0.134. The van der Waals surface area contributed by atoms with Gasteiger partial charge in [-0.05, 0) is 69.8 Å². The van der Waals surface area contributed by atoms with E-state index in [1.807, 2.05) is 11.0 Å². The van der Waals surface area contributed by atoms with E-state index in [9.17, 15) is 4.79 Å². The van der Waals surface area contributed by atoms with Crippen LogP contribution < -0.4 is 4.74 Å². The average Bonchev–Trinajstić information content (AvgIpc) is 2.67. The van der Waals surface area contributed by atoms with Crippen LogP contribution in [0.25, 0.3) is 0 Å². The summed E-state index contributed by atoms with van der Waals surface area (Å²) in [5.74, 6) is 1.46. The molecule has 2 aromatic carbocycles. The summed E-state index contributed by atoms with van der Waals surface area (Å²) in [6, 6.07) is 16.7. The summed E-state index contributed by atoms with van der Waals surface area (Å²) in [6.07, 6.45) is 3.22. The Balaban J connectivity index is 1.47. The van der Waals surface area contributed by atoms with Crippen LogP contribution in [-0.4, -0.2) is 30.5 Å². The number of hydrogen-bond acceptors (Lipinski definition) is 2. The highest BCUT2D eigenvalue weighted by molar-refractivity contribution is 9.10. The molecular weight excluding hydrogens is 414 g/mol. The number of carbonyl (C=O) groups excluding carboxylic acids is 1. The highest BCUT2D eigenvalue weighted by atomic mass is 79.9. The van der Waals surface area contributed by atoms with E-state index in [2.05, 4.69) is 79.2 Å². The van der Waals surface area contributed by atoms with Crippen LogP contribution in [0.5, 0.6) is 5.75 Å². The lowest BCUT2D eigenvalue weighted by atomic mass is 9.87. The Labute approximate surface area is 177 Å². The Morgan fingerprint density at radius 2 is 1.79 bits per heavy atom. The maximum Gasteiger partial charge on any atom is 0.260 e. The predicted octanol–water partition coefficient (Wildman–Crippen LogP) is 5.61. The molecule has 1 heterocycles. The van der Waals surface area contributed by atoms with Crippen LogP contribution in [0.3, 0.4) is 0 Å². The van der Waals surface area contributed by atoms with Crippen LogP contribution in [0.2, 0.25) is 0 Å². The molecule has 3 nitrogen and oxygen atoms in total. The molecule has 1 fully saturated rings. The van der Waals surface area contributed by atoms with Gasteiger partial charge in [-0.2, -0.15) is 0 Å². The average molecular weight is 444 g/mol. The van der Waals surface area contributed by atoms with E-state index >= 15 is 0 Å². The summed E-state index contributed by atoms with van der Waals surface area (Å²) in [4.78, 5) is 14.5. The van der Waals surface area contributed by atoms with E-state index in [4.69, 9.17) is 4.74 Å². The number of likely N-dealkylation sites (tertiary alicyclic amines) is 1. The summed E-state index contributed by atoms with van der Waals surface area (Å²) < 4.78 is 6.70. The fourth-order valence-electron chi connectivity index (χ4n) is 3.65. The minimum Gasteiger partial charge on any atom is -0.483 e. The monoisotopic (exact) mass is 443 g/mol. The van der Waals surface area contributed by atoms with Crippen LogP contribution in [0, 0.1) is 5.92 Å². The van der Waals surface area contributed by atoms with Crippen molar-refractivity contribution in [1.29, 1.82) is 0 Å². The van der Waals surface area contributed by atoms with Gasteiger partial charge < -0.3 is 9.64 Å². The zero-order chi connectivity index (χ0) is 20.1. The maximum atomic E-state index is 12.6. The minimum atomic E-state index is 0.0740. The van der Waals surface area contributed by atoms with E-state index in [0.29, 0.717) is 5.92 Å². The number of ether oxygens (including phenoxy) is 1. The molecule has 3 rings (SSSR count). The van der Waals surface area contributed by atoms with Crippen molar-refractivity contribution in [2.45, 2.75) is 45.4 Å². The molecule has 0 N–H and O–H groups in total. The zero-order valence-corrected chi connectivity index (χ0v) is 18.7. The summed E-state index contributed by atoms with van der Waals surface area (Å²) in [5, 5.41) is 0. The standard InChI is InChI=1S/C24H30BrNO2/c1-24(2,3)20-9-10-22(21(25)16-20)28-17-23(27)26-13-11-19(12-14-26)15-18-7-5-4-6-8-18/h4-10,16,19H,11-15,17H2,1-3H3. The Morgan fingerprint density at radius 1 is 1.11 bits per heavy atom. The second kappa shape index (κ2) is 9.13. The van der Waals surface area contributed by atoms with E-state index in [-0.39, 0.29) is 17.9 Å². The molecule has 0 unspecified atom stereocenters. The van der Waals surface area contributed by atoms with E-state index < -0.39 is 0 Å². The number of halogens is 1. The SMILES string of the molecule is CC(C)(C)c1ccc(OCC(=O)N2CCC(Cc3ccccc3)CC2)c(Br)c1. The summed E-state index contributed by atoms with van der Waals surface area (Å²) in [6.45, 7) is 8.28. The second-order valence-electron chi connectivity index (χ2n) is 8.70. The van der Waals surface area contributed by atoms with Crippen molar-refractivity contribution >= 4 is 21.8 Å². The number of benzene rings is 2. The van der Waals surface area contributed by atoms with Gasteiger partial charge in [-0.15, -0.1) is 0 Å². The third kappa shape index (κ3) is 5.60. The van der Waals surface area contributed by atoms with Gasteiger partial charge in [-0.3, -0.25) is 4.79 Å². The molecule has 0 radical (unpaired) electrons. The normalized spacial score (nSPS) is 15.5. The van der Waals surface area contributed by atoms with Crippen LogP contribution in [-0.2, 0) is 16.6 Å². The van der Waals surface area contributed by atoms with Crippen LogP contribution in [0.4, 0.5) is 0 Å². The molecule has 0 aliphatic carbocycles. The van der Waals surface area contributed by atoms with Crippen molar-refractivity contribution < 1.29 is 9.53 Å². The molecule has 0 saturated carbocycles. The molecule has 0 aromatic heterocycles. The van der Waals surface area contributed by atoms with Crippen LogP contribution in [0.1, 0.15) is 44.7 Å². The van der Waals surface area contributed by atoms with Gasteiger partial charge in [-0.25, -0.2) is 0 Å². The molecule has 1 aliphatic heterocycles. The molecule has 0 bridgehead atoms. The van der Waals surface area contributed by atoms with Gasteiger partial charge in [-0.1, -0.05) is 57.2 Å². The van der Waals surface area contributed by atoms with Gasteiger partial charge in [0.2, 0.25) is 0 Å². The largest absolute Gasteiger partial charge is 0.483 e. The van der Waals surface area contributed by atoms with Crippen molar-refractivity contribution in [2.24, 2.45) is 5.92 Å². The van der Waals surface area contributed by atoms with Gasteiger partial charge in [0.25, 0.3) is 5.91 Å². The highest BCUT2D eigenvalue weighted by Gasteiger charge is 2.23. The van der Waals surface area contributed by atoms with Crippen molar-refractivity contribution in [3.8, 4) is 5.75 Å². The summed E-state index contributed by atoms with van der Waals surface area (Å²) >= 11 is 3.58. The van der Waals surface area contributed by atoms with Crippen LogP contribution >= 0.6 is 15.9 Å². The first-order chi connectivity index (χ1) is 13.3. The van der Waals surface area contributed by atoms with Crippen LogP contribution in [0.15, 0.2) is 53.0 Å². The summed E-state index contributed by atoms with van der Waals surface area (Å²) in [7, 11) is 0. The molecule has 1 amide bonds. The number of amides is 1. The van der Waals surface area contributed by atoms with E-state index in [0.717, 1.165) is 42.6 Å². The first-order valence-electron chi connectivity index (χ1n) is 10.1.